The number of hydrogen-bond donors (Lipinski definition) is 1. The van der Waals surface area contributed by atoms with Gasteiger partial charge in [-0.25, -0.2) is 0 Å². The van der Waals surface area contributed by atoms with Gasteiger partial charge in [0.1, 0.15) is 24.4 Å². The van der Waals surface area contributed by atoms with Crippen molar-refractivity contribution < 1.29 is 24.1 Å². The lowest BCUT2D eigenvalue weighted by molar-refractivity contribution is -0.257. The molecule has 154 valence electrons. The monoisotopic (exact) mass is 396 g/mol. The van der Waals surface area contributed by atoms with Crippen molar-refractivity contribution in [1.82, 2.24) is 0 Å². The highest BCUT2D eigenvalue weighted by Gasteiger charge is 2.59. The van der Waals surface area contributed by atoms with Crippen molar-refractivity contribution in [3.63, 3.8) is 0 Å². The second-order valence-corrected chi connectivity index (χ2v) is 8.26. The first-order valence-corrected chi connectivity index (χ1v) is 10.6. The summed E-state index contributed by atoms with van der Waals surface area (Å²) >= 11 is 0. The molecule has 3 fully saturated rings. The lowest BCUT2D eigenvalue weighted by atomic mass is 9.94. The number of fused-ring (bicyclic) bond motifs is 1. The molecule has 1 spiro atoms. The van der Waals surface area contributed by atoms with E-state index in [1.807, 2.05) is 60.7 Å². The Bertz CT molecular complexity index is 789. The lowest BCUT2D eigenvalue weighted by Gasteiger charge is -2.34. The van der Waals surface area contributed by atoms with Gasteiger partial charge in [0, 0.05) is 12.8 Å². The van der Waals surface area contributed by atoms with Gasteiger partial charge in [-0.15, -0.1) is 0 Å². The molecule has 1 unspecified atom stereocenters. The van der Waals surface area contributed by atoms with Gasteiger partial charge in [0.25, 0.3) is 0 Å². The van der Waals surface area contributed by atoms with Gasteiger partial charge in [0.2, 0.25) is 0 Å². The predicted molar refractivity (Wildman–Crippen MR) is 107 cm³/mol. The van der Waals surface area contributed by atoms with Gasteiger partial charge < -0.3 is 24.1 Å². The minimum atomic E-state index is -0.808. The van der Waals surface area contributed by atoms with E-state index in [2.05, 4.69) is 0 Å². The van der Waals surface area contributed by atoms with Gasteiger partial charge in [-0.3, -0.25) is 0 Å². The molecule has 0 bridgehead atoms. The molecule has 29 heavy (non-hydrogen) atoms. The molecular formula is C24H28O5. The highest BCUT2D eigenvalue weighted by molar-refractivity contribution is 5.20. The van der Waals surface area contributed by atoms with Gasteiger partial charge in [-0.05, 0) is 24.0 Å². The fraction of sp³-hybridized carbons (Fsp3) is 0.500. The van der Waals surface area contributed by atoms with E-state index in [4.69, 9.17) is 18.9 Å². The van der Waals surface area contributed by atoms with Crippen LogP contribution < -0.4 is 0 Å². The number of aliphatic hydroxyl groups excluding tert-OH is 1. The zero-order chi connectivity index (χ0) is 19.7. The average Bonchev–Trinajstić information content (AvgIpc) is 3.27. The molecule has 3 aliphatic rings. The Morgan fingerprint density at radius 2 is 1.62 bits per heavy atom. The summed E-state index contributed by atoms with van der Waals surface area (Å²) in [6.45, 7) is 0.437. The SMILES string of the molecule is OC(c1ccccc1)[C@H]1O[C@@H]2OC3(CCCCC3)O[C@@H]2[C@H]1OCc1ccccc1. The van der Waals surface area contributed by atoms with Crippen LogP contribution in [0.25, 0.3) is 0 Å². The van der Waals surface area contributed by atoms with Crippen LogP contribution in [0.4, 0.5) is 0 Å². The van der Waals surface area contributed by atoms with Crippen molar-refractivity contribution in [2.75, 3.05) is 0 Å². The Morgan fingerprint density at radius 1 is 0.931 bits per heavy atom. The van der Waals surface area contributed by atoms with Gasteiger partial charge in [0.05, 0.1) is 6.61 Å². The van der Waals surface area contributed by atoms with Crippen molar-refractivity contribution >= 4 is 0 Å². The average molecular weight is 396 g/mol. The summed E-state index contributed by atoms with van der Waals surface area (Å²) in [4.78, 5) is 0. The Labute approximate surface area is 171 Å². The number of hydrogen-bond acceptors (Lipinski definition) is 5. The first-order valence-electron chi connectivity index (χ1n) is 10.6. The predicted octanol–water partition coefficient (Wildman–Crippen LogP) is 4.11. The van der Waals surface area contributed by atoms with Crippen molar-refractivity contribution in [2.45, 2.75) is 75.2 Å². The normalized spacial score (nSPS) is 31.6. The maximum Gasteiger partial charge on any atom is 0.190 e. The van der Waals surface area contributed by atoms with Gasteiger partial charge in [0.15, 0.2) is 12.1 Å². The smallest absolute Gasteiger partial charge is 0.190 e. The van der Waals surface area contributed by atoms with Crippen LogP contribution in [0.3, 0.4) is 0 Å². The van der Waals surface area contributed by atoms with E-state index in [9.17, 15) is 5.11 Å². The second kappa shape index (κ2) is 8.17. The molecule has 2 aromatic rings. The molecule has 0 aromatic heterocycles. The fourth-order valence-electron chi connectivity index (χ4n) is 4.73. The summed E-state index contributed by atoms with van der Waals surface area (Å²) in [5.74, 6) is -0.551. The minimum absolute atomic E-state index is 0.333. The van der Waals surface area contributed by atoms with E-state index in [1.165, 1.54) is 6.42 Å². The van der Waals surface area contributed by atoms with Crippen molar-refractivity contribution in [3.05, 3.63) is 71.8 Å². The number of aliphatic hydroxyl groups is 1. The van der Waals surface area contributed by atoms with E-state index < -0.39 is 30.4 Å². The summed E-state index contributed by atoms with van der Waals surface area (Å²) in [6, 6.07) is 19.6. The largest absolute Gasteiger partial charge is 0.386 e. The molecule has 5 heteroatoms. The molecule has 1 saturated carbocycles. The fourth-order valence-corrected chi connectivity index (χ4v) is 4.73. The maximum absolute atomic E-state index is 11.0. The topological polar surface area (TPSA) is 57.2 Å². The van der Waals surface area contributed by atoms with Crippen LogP contribution in [-0.2, 0) is 25.6 Å². The molecular weight excluding hydrogens is 368 g/mol. The molecule has 1 aliphatic carbocycles. The van der Waals surface area contributed by atoms with E-state index >= 15 is 0 Å². The first kappa shape index (κ1) is 19.2. The Balaban J connectivity index is 1.36. The quantitative estimate of drug-likeness (QED) is 0.824. The summed E-state index contributed by atoms with van der Waals surface area (Å²) < 4.78 is 25.2. The van der Waals surface area contributed by atoms with Crippen LogP contribution in [0.2, 0.25) is 0 Å². The standard InChI is InChI=1S/C24H28O5/c25-19(18-12-6-2-7-13-18)20-21(26-16-17-10-4-1-5-11-17)22-23(27-20)29-24(28-22)14-8-3-9-15-24/h1-2,4-7,10-13,19-23,25H,3,8-9,14-16H2/t19?,20-,21+,22-,23-/m1/s1. The first-order chi connectivity index (χ1) is 14.2. The lowest BCUT2D eigenvalue weighted by Crippen LogP contribution is -2.41. The molecule has 0 radical (unpaired) electrons. The van der Waals surface area contributed by atoms with Crippen LogP contribution >= 0.6 is 0 Å². The molecule has 2 heterocycles. The molecule has 1 N–H and O–H groups in total. The summed E-state index contributed by atoms with van der Waals surface area (Å²) in [5.41, 5.74) is 1.88. The minimum Gasteiger partial charge on any atom is -0.386 e. The van der Waals surface area contributed by atoms with Gasteiger partial charge in [-0.2, -0.15) is 0 Å². The molecule has 2 aliphatic heterocycles. The molecule has 5 atom stereocenters. The number of ether oxygens (including phenoxy) is 4. The van der Waals surface area contributed by atoms with Crippen LogP contribution in [0.5, 0.6) is 0 Å². The van der Waals surface area contributed by atoms with Crippen molar-refractivity contribution in [3.8, 4) is 0 Å². The summed E-state index contributed by atoms with van der Waals surface area (Å²) in [5, 5.41) is 11.0. The van der Waals surface area contributed by atoms with E-state index in [1.54, 1.807) is 0 Å². The van der Waals surface area contributed by atoms with Crippen LogP contribution in [0.1, 0.15) is 49.3 Å². The summed E-state index contributed by atoms with van der Waals surface area (Å²) in [6.07, 6.45) is 2.61. The highest BCUT2D eigenvalue weighted by Crippen LogP contribution is 2.47. The van der Waals surface area contributed by atoms with Crippen molar-refractivity contribution in [1.29, 1.82) is 0 Å². The molecule has 5 nitrogen and oxygen atoms in total. The Morgan fingerprint density at radius 3 is 2.34 bits per heavy atom. The molecule has 2 saturated heterocycles. The number of benzene rings is 2. The zero-order valence-electron chi connectivity index (χ0n) is 16.5. The maximum atomic E-state index is 11.0. The molecule has 0 amide bonds. The van der Waals surface area contributed by atoms with Crippen LogP contribution in [0, 0.1) is 0 Å². The van der Waals surface area contributed by atoms with Crippen molar-refractivity contribution in [2.24, 2.45) is 0 Å². The van der Waals surface area contributed by atoms with Gasteiger partial charge >= 0.3 is 0 Å². The van der Waals surface area contributed by atoms with E-state index in [0.29, 0.717) is 6.61 Å². The summed E-state index contributed by atoms with van der Waals surface area (Å²) in [7, 11) is 0. The molecule has 2 aromatic carbocycles. The third kappa shape index (κ3) is 3.86. The van der Waals surface area contributed by atoms with Crippen LogP contribution in [-0.4, -0.2) is 35.5 Å². The second-order valence-electron chi connectivity index (χ2n) is 8.26. The Kier molecular flexibility index (Phi) is 5.41. The highest BCUT2D eigenvalue weighted by atomic mass is 16.8. The zero-order valence-corrected chi connectivity index (χ0v) is 16.5. The third-order valence-electron chi connectivity index (χ3n) is 6.24. The van der Waals surface area contributed by atoms with E-state index in [0.717, 1.165) is 36.8 Å². The van der Waals surface area contributed by atoms with Gasteiger partial charge in [-0.1, -0.05) is 67.1 Å². The Hall–Kier alpha value is -1.76. The van der Waals surface area contributed by atoms with Crippen LogP contribution in [0.15, 0.2) is 60.7 Å². The third-order valence-corrected chi connectivity index (χ3v) is 6.24. The van der Waals surface area contributed by atoms with E-state index in [-0.39, 0.29) is 6.10 Å². The number of rotatable bonds is 5. The molecule has 5 rings (SSSR count).